The maximum atomic E-state index is 12.8. The number of rotatable bonds is 0. The van der Waals surface area contributed by atoms with Crippen LogP contribution in [-0.2, 0) is 0 Å². The van der Waals surface area contributed by atoms with Gasteiger partial charge in [-0.1, -0.05) is 23.9 Å². The fourth-order valence-electron chi connectivity index (χ4n) is 3.65. The summed E-state index contributed by atoms with van der Waals surface area (Å²) in [5, 5.41) is 3.78. The fraction of sp³-hybridized carbons (Fsp3) is 0.292. The van der Waals surface area contributed by atoms with Gasteiger partial charge < -0.3 is 15.8 Å². The predicted molar refractivity (Wildman–Crippen MR) is 124 cm³/mol. The van der Waals surface area contributed by atoms with E-state index in [2.05, 4.69) is 15.3 Å². The molecule has 7 heteroatoms. The third-order valence-electron chi connectivity index (χ3n) is 5.22. The summed E-state index contributed by atoms with van der Waals surface area (Å²) < 4.78 is 5.90. The van der Waals surface area contributed by atoms with E-state index in [9.17, 15) is 4.79 Å². The van der Waals surface area contributed by atoms with E-state index in [1.807, 2.05) is 56.3 Å². The van der Waals surface area contributed by atoms with E-state index in [0.717, 1.165) is 51.6 Å². The Morgan fingerprint density at radius 3 is 2.71 bits per heavy atom. The van der Waals surface area contributed by atoms with Crippen molar-refractivity contribution in [1.82, 2.24) is 15.3 Å². The number of nitrogens with one attached hydrogen (secondary N) is 1. The van der Waals surface area contributed by atoms with Gasteiger partial charge in [-0.05, 0) is 74.6 Å². The second kappa shape index (κ2) is 9.39. The van der Waals surface area contributed by atoms with Crippen molar-refractivity contribution in [2.75, 3.05) is 18.9 Å². The summed E-state index contributed by atoms with van der Waals surface area (Å²) in [5.74, 6) is 0.969. The van der Waals surface area contributed by atoms with Crippen LogP contribution in [0.4, 0.5) is 5.95 Å². The zero-order chi connectivity index (χ0) is 21.8. The quantitative estimate of drug-likeness (QED) is 0.495. The molecule has 0 atom stereocenters. The standard InChI is InChI=1S/C24H26N4O2S/c1-15-11-16(2)20-13-19(15)21-14-22(28-24(25)27-21)31-18-8-6-7-17(12-18)30-10-5-3-4-9-26-23(20)29/h6-8,11-14H,3-5,9-10H2,1-2H3,(H,26,29)(H2,25,27,28). The Morgan fingerprint density at radius 2 is 1.84 bits per heavy atom. The first-order valence-corrected chi connectivity index (χ1v) is 11.3. The summed E-state index contributed by atoms with van der Waals surface area (Å²) in [6.45, 7) is 5.25. The zero-order valence-electron chi connectivity index (χ0n) is 17.8. The summed E-state index contributed by atoms with van der Waals surface area (Å²) in [7, 11) is 0. The van der Waals surface area contributed by atoms with Crippen LogP contribution in [0.2, 0.25) is 0 Å². The molecule has 1 aliphatic rings. The number of fused-ring (bicyclic) bond motifs is 7. The number of aryl methyl sites for hydroxylation is 2. The van der Waals surface area contributed by atoms with Crippen molar-refractivity contribution in [2.24, 2.45) is 0 Å². The lowest BCUT2D eigenvalue weighted by Crippen LogP contribution is -2.25. The summed E-state index contributed by atoms with van der Waals surface area (Å²) >= 11 is 1.51. The van der Waals surface area contributed by atoms with E-state index >= 15 is 0 Å². The SMILES string of the molecule is Cc1cc(C)c2cc1C(=O)NCCCCCOc1cccc(c1)Sc1cc-2nc(N)n1. The Kier molecular flexibility index (Phi) is 6.42. The van der Waals surface area contributed by atoms with Gasteiger partial charge in [-0.3, -0.25) is 4.79 Å². The maximum absolute atomic E-state index is 12.8. The molecule has 6 bridgehead atoms. The molecule has 2 heterocycles. The summed E-state index contributed by atoms with van der Waals surface area (Å²) in [5.41, 5.74) is 10.3. The van der Waals surface area contributed by atoms with Gasteiger partial charge in [-0.25, -0.2) is 9.97 Å². The number of hydrogen-bond acceptors (Lipinski definition) is 6. The highest BCUT2D eigenvalue weighted by molar-refractivity contribution is 7.99. The number of aromatic nitrogens is 2. The van der Waals surface area contributed by atoms with Gasteiger partial charge in [0.25, 0.3) is 5.91 Å². The number of hydrogen-bond donors (Lipinski definition) is 2. The first-order valence-electron chi connectivity index (χ1n) is 10.4. The normalized spacial score (nSPS) is 14.7. The van der Waals surface area contributed by atoms with Crippen molar-refractivity contribution in [1.29, 1.82) is 0 Å². The number of ether oxygens (including phenoxy) is 1. The second-order valence-corrected chi connectivity index (χ2v) is 8.77. The molecule has 2 aromatic carbocycles. The molecule has 3 N–H and O–H groups in total. The van der Waals surface area contributed by atoms with Crippen LogP contribution >= 0.6 is 11.8 Å². The lowest BCUT2D eigenvalue weighted by molar-refractivity contribution is 0.0952. The molecule has 31 heavy (non-hydrogen) atoms. The number of anilines is 1. The molecule has 3 aromatic rings. The molecule has 0 aliphatic carbocycles. The molecule has 0 spiro atoms. The van der Waals surface area contributed by atoms with Gasteiger partial charge in [0.15, 0.2) is 0 Å². The van der Waals surface area contributed by atoms with Crippen molar-refractivity contribution < 1.29 is 9.53 Å². The first kappa shape index (κ1) is 21.2. The maximum Gasteiger partial charge on any atom is 0.251 e. The molecular weight excluding hydrogens is 408 g/mol. The zero-order valence-corrected chi connectivity index (χ0v) is 18.6. The molecule has 0 saturated carbocycles. The van der Waals surface area contributed by atoms with Crippen molar-refractivity contribution in [3.63, 3.8) is 0 Å². The van der Waals surface area contributed by atoms with E-state index < -0.39 is 0 Å². The molecule has 160 valence electrons. The van der Waals surface area contributed by atoms with Crippen LogP contribution in [0.1, 0.15) is 40.7 Å². The van der Waals surface area contributed by atoms with Crippen molar-refractivity contribution in [2.45, 2.75) is 43.0 Å². The lowest BCUT2D eigenvalue weighted by Gasteiger charge is -2.14. The number of nitrogens with two attached hydrogens (primary N) is 1. The van der Waals surface area contributed by atoms with Crippen LogP contribution in [0, 0.1) is 13.8 Å². The summed E-state index contributed by atoms with van der Waals surface area (Å²) in [6.07, 6.45) is 2.84. The van der Waals surface area contributed by atoms with Gasteiger partial charge in [0, 0.05) is 22.6 Å². The first-order chi connectivity index (χ1) is 15.0. The van der Waals surface area contributed by atoms with E-state index in [1.54, 1.807) is 0 Å². The van der Waals surface area contributed by atoms with Gasteiger partial charge in [-0.15, -0.1) is 0 Å². The Hall–Kier alpha value is -3.06. The van der Waals surface area contributed by atoms with Crippen LogP contribution in [0.25, 0.3) is 11.3 Å². The third kappa shape index (κ3) is 5.17. The topological polar surface area (TPSA) is 90.1 Å². The highest BCUT2D eigenvalue weighted by atomic mass is 32.2. The van der Waals surface area contributed by atoms with E-state index in [1.165, 1.54) is 11.8 Å². The number of nitrogens with zero attached hydrogens (tertiary/aromatic N) is 2. The van der Waals surface area contributed by atoms with Crippen molar-refractivity contribution in [3.05, 3.63) is 59.2 Å². The lowest BCUT2D eigenvalue weighted by atomic mass is 9.97. The summed E-state index contributed by atoms with van der Waals surface area (Å²) in [4.78, 5) is 22.7. The van der Waals surface area contributed by atoms with Gasteiger partial charge in [0.1, 0.15) is 10.8 Å². The van der Waals surface area contributed by atoms with Crippen LogP contribution in [0.15, 0.2) is 52.4 Å². The molecule has 1 aromatic heterocycles. The van der Waals surface area contributed by atoms with Crippen LogP contribution in [0.5, 0.6) is 5.75 Å². The van der Waals surface area contributed by atoms with E-state index in [-0.39, 0.29) is 11.9 Å². The van der Waals surface area contributed by atoms with Gasteiger partial charge in [-0.2, -0.15) is 0 Å². The highest BCUT2D eigenvalue weighted by Gasteiger charge is 2.15. The smallest absolute Gasteiger partial charge is 0.251 e. The Morgan fingerprint density at radius 1 is 1.00 bits per heavy atom. The summed E-state index contributed by atoms with van der Waals surface area (Å²) in [6, 6.07) is 13.8. The van der Waals surface area contributed by atoms with Crippen molar-refractivity contribution in [3.8, 4) is 17.0 Å². The minimum Gasteiger partial charge on any atom is -0.494 e. The monoisotopic (exact) mass is 434 g/mol. The Bertz CT molecular complexity index is 1120. The average molecular weight is 435 g/mol. The molecule has 0 fully saturated rings. The Balaban J connectivity index is 1.77. The highest BCUT2D eigenvalue weighted by Crippen LogP contribution is 2.33. The van der Waals surface area contributed by atoms with E-state index in [0.29, 0.717) is 24.4 Å². The Labute approximate surface area is 186 Å². The molecule has 0 radical (unpaired) electrons. The number of carbonyl (C=O) groups excluding carboxylic acids is 1. The minimum absolute atomic E-state index is 0.0669. The molecule has 6 nitrogen and oxygen atoms in total. The molecule has 0 saturated heterocycles. The molecular formula is C24H26N4O2S. The van der Waals surface area contributed by atoms with Crippen LogP contribution < -0.4 is 15.8 Å². The van der Waals surface area contributed by atoms with E-state index in [4.69, 9.17) is 10.5 Å². The fourth-order valence-corrected chi connectivity index (χ4v) is 4.52. The third-order valence-corrected chi connectivity index (χ3v) is 6.12. The van der Waals surface area contributed by atoms with Gasteiger partial charge in [0.05, 0.1) is 12.3 Å². The van der Waals surface area contributed by atoms with Crippen LogP contribution in [0.3, 0.4) is 0 Å². The molecule has 1 amide bonds. The van der Waals surface area contributed by atoms with Gasteiger partial charge >= 0.3 is 0 Å². The number of nitrogen functional groups attached to an aromatic ring is 1. The number of carbonyl (C=O) groups is 1. The number of amides is 1. The average Bonchev–Trinajstić information content (AvgIpc) is 2.72. The van der Waals surface area contributed by atoms with Gasteiger partial charge in [0.2, 0.25) is 5.95 Å². The minimum atomic E-state index is -0.0669. The molecule has 1 aliphatic heterocycles. The largest absolute Gasteiger partial charge is 0.494 e. The van der Waals surface area contributed by atoms with Crippen LogP contribution in [-0.4, -0.2) is 29.0 Å². The molecule has 0 unspecified atom stereocenters. The number of benzene rings is 2. The molecule has 4 rings (SSSR count). The second-order valence-electron chi connectivity index (χ2n) is 7.67. The van der Waals surface area contributed by atoms with Crippen molar-refractivity contribution >= 4 is 23.6 Å². The predicted octanol–water partition coefficient (Wildman–Crippen LogP) is 4.79.